The number of benzene rings is 1. The number of carbonyl (C=O) groups excluding carboxylic acids is 1. The Labute approximate surface area is 207 Å². The maximum Gasteiger partial charge on any atom is 0.246 e. The quantitative estimate of drug-likeness (QED) is 0.359. The van der Waals surface area contributed by atoms with Crippen molar-refractivity contribution in [2.75, 3.05) is 19.6 Å². The highest BCUT2D eigenvalue weighted by molar-refractivity contribution is 6.31. The van der Waals surface area contributed by atoms with Crippen LogP contribution in [-0.2, 0) is 24.3 Å². The lowest BCUT2D eigenvalue weighted by atomic mass is 9.94. The number of fused-ring (bicyclic) bond motifs is 1. The Kier molecular flexibility index (Phi) is 9.60. The van der Waals surface area contributed by atoms with Crippen molar-refractivity contribution in [1.29, 1.82) is 0 Å². The van der Waals surface area contributed by atoms with Gasteiger partial charge in [-0.15, -0.1) is 5.10 Å². The zero-order valence-corrected chi connectivity index (χ0v) is 21.2. The van der Waals surface area contributed by atoms with Crippen molar-refractivity contribution in [3.8, 4) is 0 Å². The summed E-state index contributed by atoms with van der Waals surface area (Å²) in [6, 6.07) is 8.08. The molecule has 0 fully saturated rings. The largest absolute Gasteiger partial charge is 0.347 e. The van der Waals surface area contributed by atoms with E-state index in [4.69, 9.17) is 11.6 Å². The molecule has 1 unspecified atom stereocenters. The second kappa shape index (κ2) is 12.6. The van der Waals surface area contributed by atoms with Gasteiger partial charge in [0, 0.05) is 28.7 Å². The molecule has 0 aliphatic carbocycles. The molecule has 0 bridgehead atoms. The third-order valence-corrected chi connectivity index (χ3v) is 6.27. The Morgan fingerprint density at radius 1 is 1.29 bits per heavy atom. The molecular formula is C26H35ClN6O. The van der Waals surface area contributed by atoms with Gasteiger partial charge >= 0.3 is 0 Å². The molecule has 3 aromatic rings. The number of nitrogens with one attached hydrogen (secondary N) is 1. The second-order valence-electron chi connectivity index (χ2n) is 8.95. The van der Waals surface area contributed by atoms with Crippen molar-refractivity contribution in [3.63, 3.8) is 0 Å². The number of likely N-dealkylation sites (N-methyl/N-ethyl adjacent to an activating group) is 1. The number of rotatable bonds is 13. The van der Waals surface area contributed by atoms with Gasteiger partial charge < -0.3 is 10.2 Å². The number of nitrogens with zero attached hydrogens (tertiary/aromatic N) is 5. The molecule has 8 heteroatoms. The summed E-state index contributed by atoms with van der Waals surface area (Å²) in [7, 11) is 0. The summed E-state index contributed by atoms with van der Waals surface area (Å²) in [6.45, 7) is 13.9. The van der Waals surface area contributed by atoms with E-state index in [1.54, 1.807) is 6.92 Å². The first-order valence-electron chi connectivity index (χ1n) is 11.9. The van der Waals surface area contributed by atoms with Gasteiger partial charge in [0.2, 0.25) is 5.91 Å². The summed E-state index contributed by atoms with van der Waals surface area (Å²) in [6.07, 6.45) is 7.13. The Morgan fingerprint density at radius 3 is 2.88 bits per heavy atom. The molecule has 0 saturated carbocycles. The smallest absolute Gasteiger partial charge is 0.246 e. The van der Waals surface area contributed by atoms with E-state index in [-0.39, 0.29) is 5.91 Å². The average Bonchev–Trinajstić information content (AvgIpc) is 3.27. The van der Waals surface area contributed by atoms with Crippen LogP contribution in [0.1, 0.15) is 44.9 Å². The first-order chi connectivity index (χ1) is 16.4. The van der Waals surface area contributed by atoms with E-state index in [2.05, 4.69) is 58.1 Å². The highest BCUT2D eigenvalue weighted by Gasteiger charge is 2.10. The van der Waals surface area contributed by atoms with Gasteiger partial charge in [-0.25, -0.2) is 0 Å². The molecule has 1 atom stereocenters. The highest BCUT2D eigenvalue weighted by Crippen LogP contribution is 2.24. The summed E-state index contributed by atoms with van der Waals surface area (Å²) < 4.78 is 1.84. The predicted octanol–water partition coefficient (Wildman–Crippen LogP) is 4.65. The van der Waals surface area contributed by atoms with Gasteiger partial charge in [-0.3, -0.25) is 14.5 Å². The Hall–Kier alpha value is -2.77. The molecule has 0 saturated heterocycles. The molecule has 1 N–H and O–H groups in total. The van der Waals surface area contributed by atoms with Crippen LogP contribution < -0.4 is 5.32 Å². The summed E-state index contributed by atoms with van der Waals surface area (Å²) in [4.78, 5) is 18.5. The minimum absolute atomic E-state index is 0.164. The maximum atomic E-state index is 11.6. The number of hydrogen-bond donors (Lipinski definition) is 1. The normalized spacial score (nSPS) is 12.3. The Balaban J connectivity index is 1.41. The van der Waals surface area contributed by atoms with Crippen molar-refractivity contribution < 1.29 is 4.79 Å². The molecule has 2 aromatic heterocycles. The molecule has 0 aliphatic heterocycles. The van der Waals surface area contributed by atoms with E-state index in [1.165, 1.54) is 17.4 Å². The fraction of sp³-hybridized carbons (Fsp3) is 0.462. The minimum Gasteiger partial charge on any atom is -0.347 e. The van der Waals surface area contributed by atoms with Crippen LogP contribution in [0.4, 0.5) is 0 Å². The fourth-order valence-corrected chi connectivity index (χ4v) is 4.19. The van der Waals surface area contributed by atoms with Crippen molar-refractivity contribution in [2.24, 2.45) is 5.92 Å². The topological polar surface area (TPSA) is 75.9 Å². The van der Waals surface area contributed by atoms with E-state index in [1.807, 2.05) is 29.2 Å². The number of carbonyl (C=O) groups is 1. The molecular weight excluding hydrogens is 448 g/mol. The van der Waals surface area contributed by atoms with Crippen LogP contribution in [0.25, 0.3) is 10.9 Å². The summed E-state index contributed by atoms with van der Waals surface area (Å²) in [5, 5.41) is 13.0. The number of halogens is 1. The van der Waals surface area contributed by atoms with Crippen LogP contribution in [-0.4, -0.2) is 50.4 Å². The summed E-state index contributed by atoms with van der Waals surface area (Å²) >= 11 is 6.12. The van der Waals surface area contributed by atoms with Crippen molar-refractivity contribution in [2.45, 2.75) is 53.1 Å². The summed E-state index contributed by atoms with van der Waals surface area (Å²) in [5.41, 5.74) is 3.53. The van der Waals surface area contributed by atoms with Crippen molar-refractivity contribution >= 4 is 28.4 Å². The third kappa shape index (κ3) is 7.64. The van der Waals surface area contributed by atoms with E-state index >= 15 is 0 Å². The zero-order chi connectivity index (χ0) is 24.5. The molecule has 1 amide bonds. The lowest BCUT2D eigenvalue weighted by Gasteiger charge is -2.21. The van der Waals surface area contributed by atoms with E-state index in [0.29, 0.717) is 18.0 Å². The SMILES string of the molecule is C=C(C)C(=O)NCc1cn(CCN(CC)CCCC(C)Cc2ccnc3cc(Cl)ccc23)nn1. The maximum absolute atomic E-state index is 11.6. The predicted molar refractivity (Wildman–Crippen MR) is 138 cm³/mol. The van der Waals surface area contributed by atoms with Crippen molar-refractivity contribution in [1.82, 2.24) is 30.2 Å². The third-order valence-electron chi connectivity index (χ3n) is 6.03. The van der Waals surface area contributed by atoms with Crippen LogP contribution in [0.5, 0.6) is 0 Å². The van der Waals surface area contributed by atoms with Gasteiger partial charge in [-0.2, -0.15) is 0 Å². The number of amides is 1. The zero-order valence-electron chi connectivity index (χ0n) is 20.4. The molecule has 2 heterocycles. The van der Waals surface area contributed by atoms with E-state index < -0.39 is 0 Å². The monoisotopic (exact) mass is 482 g/mol. The van der Waals surface area contributed by atoms with Gasteiger partial charge in [-0.05, 0) is 69.0 Å². The molecule has 0 spiro atoms. The van der Waals surface area contributed by atoms with Gasteiger partial charge in [-0.1, -0.05) is 43.3 Å². The van der Waals surface area contributed by atoms with Gasteiger partial charge in [0.05, 0.1) is 24.8 Å². The molecule has 0 aliphatic rings. The molecule has 182 valence electrons. The lowest BCUT2D eigenvalue weighted by molar-refractivity contribution is -0.117. The van der Waals surface area contributed by atoms with Gasteiger partial charge in [0.1, 0.15) is 5.69 Å². The van der Waals surface area contributed by atoms with Crippen LogP contribution >= 0.6 is 11.6 Å². The standard InChI is InChI=1S/C26H35ClN6O/c1-5-32(13-14-33-18-23(30-31-33)17-29-26(34)19(2)3)12-6-7-20(4)15-21-10-11-28-25-16-22(27)8-9-24(21)25/h8-11,16,18,20H,2,5-7,12-15,17H2,1,3-4H3,(H,29,34). The Morgan fingerprint density at radius 2 is 2.12 bits per heavy atom. The first kappa shape index (κ1) is 25.8. The van der Waals surface area contributed by atoms with E-state index in [9.17, 15) is 4.79 Å². The molecule has 34 heavy (non-hydrogen) atoms. The molecule has 0 radical (unpaired) electrons. The molecule has 3 rings (SSSR count). The average molecular weight is 483 g/mol. The van der Waals surface area contributed by atoms with Crippen LogP contribution in [0.2, 0.25) is 5.02 Å². The van der Waals surface area contributed by atoms with Crippen LogP contribution in [0.15, 0.2) is 48.8 Å². The second-order valence-corrected chi connectivity index (χ2v) is 9.39. The first-order valence-corrected chi connectivity index (χ1v) is 12.3. The van der Waals surface area contributed by atoms with E-state index in [0.717, 1.165) is 55.3 Å². The fourth-order valence-electron chi connectivity index (χ4n) is 4.02. The Bertz CT molecular complexity index is 1110. The number of hydrogen-bond acceptors (Lipinski definition) is 5. The van der Waals surface area contributed by atoms with Gasteiger partial charge in [0.25, 0.3) is 0 Å². The molecule has 7 nitrogen and oxygen atoms in total. The number of aromatic nitrogens is 4. The van der Waals surface area contributed by atoms with Crippen LogP contribution in [0, 0.1) is 5.92 Å². The summed E-state index contributed by atoms with van der Waals surface area (Å²) in [5.74, 6) is 0.426. The molecule has 1 aromatic carbocycles. The lowest BCUT2D eigenvalue weighted by Crippen LogP contribution is -2.29. The van der Waals surface area contributed by atoms with Gasteiger partial charge in [0.15, 0.2) is 0 Å². The highest BCUT2D eigenvalue weighted by atomic mass is 35.5. The van der Waals surface area contributed by atoms with Crippen molar-refractivity contribution in [3.05, 3.63) is 65.1 Å². The number of pyridine rings is 1. The minimum atomic E-state index is -0.164. The van der Waals surface area contributed by atoms with Crippen LogP contribution in [0.3, 0.4) is 0 Å².